The third kappa shape index (κ3) is 3.17. The van der Waals surface area contributed by atoms with Crippen molar-refractivity contribution in [2.45, 2.75) is 18.8 Å². The van der Waals surface area contributed by atoms with Gasteiger partial charge in [0.2, 0.25) is 5.91 Å². The van der Waals surface area contributed by atoms with E-state index in [1.165, 1.54) is 18.8 Å². The minimum Gasteiger partial charge on any atom is -0.468 e. The van der Waals surface area contributed by atoms with E-state index in [9.17, 15) is 19.2 Å². The normalized spacial score (nSPS) is 17.3. The molecule has 1 aliphatic heterocycles. The lowest BCUT2D eigenvalue weighted by atomic mass is 9.67. The Hall–Kier alpha value is -3.26. The first-order valence-corrected chi connectivity index (χ1v) is 10.7. The van der Waals surface area contributed by atoms with Crippen LogP contribution < -0.4 is 0 Å². The summed E-state index contributed by atoms with van der Waals surface area (Å²) in [5.41, 5.74) is -0.133. The maximum Gasteiger partial charge on any atom is 0.324 e. The number of esters is 2. The van der Waals surface area contributed by atoms with Gasteiger partial charge in [-0.3, -0.25) is 23.7 Å². The van der Waals surface area contributed by atoms with Crippen molar-refractivity contribution in [1.29, 1.82) is 0 Å². The first-order chi connectivity index (χ1) is 15.4. The molecule has 0 amide bonds. The van der Waals surface area contributed by atoms with Gasteiger partial charge >= 0.3 is 11.9 Å². The smallest absolute Gasteiger partial charge is 0.324 e. The molecule has 2 heterocycles. The van der Waals surface area contributed by atoms with Crippen LogP contribution in [0.4, 0.5) is 0 Å². The molecule has 0 fully saturated rings. The van der Waals surface area contributed by atoms with Crippen LogP contribution in [0.25, 0.3) is 10.9 Å². The van der Waals surface area contributed by atoms with E-state index in [1.54, 1.807) is 48.5 Å². The van der Waals surface area contributed by atoms with Gasteiger partial charge in [-0.05, 0) is 23.8 Å². The van der Waals surface area contributed by atoms with Crippen molar-refractivity contribution in [3.05, 3.63) is 69.8 Å². The van der Waals surface area contributed by atoms with E-state index < -0.39 is 23.3 Å². The van der Waals surface area contributed by atoms with E-state index >= 15 is 0 Å². The third-order valence-corrected chi connectivity index (χ3v) is 6.70. The Morgan fingerprint density at radius 3 is 2.28 bits per heavy atom. The van der Waals surface area contributed by atoms with Crippen LogP contribution in [-0.4, -0.2) is 42.9 Å². The monoisotopic (exact) mass is 497 g/mol. The molecule has 0 N–H and O–H groups in total. The highest BCUT2D eigenvalue weighted by Gasteiger charge is 2.58. The fourth-order valence-electron chi connectivity index (χ4n) is 4.71. The summed E-state index contributed by atoms with van der Waals surface area (Å²) < 4.78 is 12.4. The molecule has 0 saturated carbocycles. The predicted molar refractivity (Wildman–Crippen MR) is 120 cm³/mol. The van der Waals surface area contributed by atoms with Crippen LogP contribution in [0.1, 0.15) is 38.7 Å². The first kappa shape index (κ1) is 22.0. The summed E-state index contributed by atoms with van der Waals surface area (Å²) in [5, 5.41) is 0.580. The van der Waals surface area contributed by atoms with Crippen LogP contribution in [0, 0.1) is 5.41 Å². The molecule has 3 aromatic rings. The zero-order valence-corrected chi connectivity index (χ0v) is 19.0. The second-order valence-corrected chi connectivity index (χ2v) is 8.58. The van der Waals surface area contributed by atoms with Crippen molar-refractivity contribution in [2.24, 2.45) is 5.41 Å². The zero-order valence-electron chi connectivity index (χ0n) is 17.5. The number of carbonyl (C=O) groups is 4. The molecule has 0 saturated heterocycles. The minimum atomic E-state index is -1.85. The number of rotatable bonds is 4. The summed E-state index contributed by atoms with van der Waals surface area (Å²) in [6.07, 6.45) is 0.276. The number of hydrogen-bond donors (Lipinski definition) is 0. The molecule has 0 spiro atoms. The number of aromatic nitrogens is 1. The van der Waals surface area contributed by atoms with E-state index in [0.29, 0.717) is 28.4 Å². The Labute approximate surface area is 192 Å². The second-order valence-electron chi connectivity index (χ2n) is 7.66. The Balaban J connectivity index is 2.06. The first-order valence-electron chi connectivity index (χ1n) is 9.92. The number of nitrogens with zero attached hydrogens (tertiary/aromatic N) is 1. The maximum absolute atomic E-state index is 13.5. The fraction of sp³-hybridized carbons (Fsp3) is 0.250. The lowest BCUT2D eigenvalue weighted by Crippen LogP contribution is -2.47. The molecule has 164 valence electrons. The number of halogens is 1. The van der Waals surface area contributed by atoms with Crippen LogP contribution in [0.5, 0.6) is 0 Å². The zero-order chi connectivity index (χ0) is 23.0. The Kier molecular flexibility index (Phi) is 5.73. The highest BCUT2D eigenvalue weighted by Crippen LogP contribution is 2.47. The van der Waals surface area contributed by atoms with E-state index in [1.807, 2.05) is 0 Å². The van der Waals surface area contributed by atoms with Gasteiger partial charge in [-0.1, -0.05) is 46.3 Å². The van der Waals surface area contributed by atoms with Crippen LogP contribution in [0.3, 0.4) is 0 Å². The van der Waals surface area contributed by atoms with Gasteiger partial charge in [-0.15, -0.1) is 0 Å². The SMILES string of the molecule is COC(=O)C1(C(=O)OC)Cc2c(C=O)c3ccccc3n2C(=O)C[C@@H]1c1ccc(Br)cc1. The number of hydrogen-bond acceptors (Lipinski definition) is 6. The number of aldehydes is 1. The lowest BCUT2D eigenvalue weighted by molar-refractivity contribution is -0.171. The summed E-state index contributed by atoms with van der Waals surface area (Å²) in [7, 11) is 2.38. The minimum absolute atomic E-state index is 0.157. The number of methoxy groups -OCH3 is 2. The molecule has 4 rings (SSSR count). The summed E-state index contributed by atoms with van der Waals surface area (Å²) in [4.78, 5) is 52.2. The van der Waals surface area contributed by atoms with Gasteiger partial charge < -0.3 is 9.47 Å². The highest BCUT2D eigenvalue weighted by molar-refractivity contribution is 9.10. The number of para-hydroxylation sites is 1. The maximum atomic E-state index is 13.5. The number of ether oxygens (including phenoxy) is 2. The Morgan fingerprint density at radius 1 is 1.06 bits per heavy atom. The molecular formula is C24H20BrNO6. The van der Waals surface area contributed by atoms with Crippen LogP contribution in [-0.2, 0) is 25.5 Å². The van der Waals surface area contributed by atoms with Gasteiger partial charge in [0, 0.05) is 39.9 Å². The molecule has 2 aromatic carbocycles. The van der Waals surface area contributed by atoms with Crippen molar-refractivity contribution in [1.82, 2.24) is 4.57 Å². The van der Waals surface area contributed by atoms with E-state index in [-0.39, 0.29) is 24.3 Å². The van der Waals surface area contributed by atoms with E-state index in [2.05, 4.69) is 15.9 Å². The van der Waals surface area contributed by atoms with Crippen LogP contribution >= 0.6 is 15.9 Å². The molecule has 0 aliphatic carbocycles. The fourth-order valence-corrected chi connectivity index (χ4v) is 4.97. The molecule has 1 atom stereocenters. The van der Waals surface area contributed by atoms with Gasteiger partial charge in [0.05, 0.1) is 19.7 Å². The van der Waals surface area contributed by atoms with Crippen molar-refractivity contribution in [2.75, 3.05) is 14.2 Å². The number of benzene rings is 2. The topological polar surface area (TPSA) is 91.7 Å². The molecule has 1 aromatic heterocycles. The summed E-state index contributed by atoms with van der Waals surface area (Å²) >= 11 is 3.38. The average molecular weight is 498 g/mol. The average Bonchev–Trinajstić information content (AvgIpc) is 3.05. The van der Waals surface area contributed by atoms with E-state index in [0.717, 1.165) is 4.47 Å². The van der Waals surface area contributed by atoms with Crippen molar-refractivity contribution in [3.8, 4) is 0 Å². The second kappa shape index (κ2) is 8.35. The van der Waals surface area contributed by atoms with Crippen molar-refractivity contribution in [3.63, 3.8) is 0 Å². The van der Waals surface area contributed by atoms with Gasteiger partial charge in [-0.2, -0.15) is 0 Å². The highest BCUT2D eigenvalue weighted by atomic mass is 79.9. The van der Waals surface area contributed by atoms with Crippen LogP contribution in [0.15, 0.2) is 53.0 Å². The number of carbonyl (C=O) groups excluding carboxylic acids is 4. The van der Waals surface area contributed by atoms with Crippen molar-refractivity contribution < 1.29 is 28.7 Å². The molecule has 0 bridgehead atoms. The molecule has 0 radical (unpaired) electrons. The van der Waals surface area contributed by atoms with Gasteiger partial charge in [-0.25, -0.2) is 0 Å². The predicted octanol–water partition coefficient (Wildman–Crippen LogP) is 3.92. The molecule has 1 aliphatic rings. The Bertz CT molecular complexity index is 1230. The molecular weight excluding hydrogens is 478 g/mol. The largest absolute Gasteiger partial charge is 0.468 e. The molecule has 8 heteroatoms. The van der Waals surface area contributed by atoms with E-state index in [4.69, 9.17) is 9.47 Å². The number of fused-ring (bicyclic) bond motifs is 3. The van der Waals surface area contributed by atoms with Gasteiger partial charge in [0.15, 0.2) is 11.7 Å². The summed E-state index contributed by atoms with van der Waals surface area (Å²) in [6.45, 7) is 0. The molecule has 32 heavy (non-hydrogen) atoms. The molecule has 7 nitrogen and oxygen atoms in total. The quantitative estimate of drug-likeness (QED) is 0.308. The van der Waals surface area contributed by atoms with Gasteiger partial charge in [0.25, 0.3) is 0 Å². The third-order valence-electron chi connectivity index (χ3n) is 6.17. The lowest BCUT2D eigenvalue weighted by Gasteiger charge is -2.34. The molecule has 0 unspecified atom stereocenters. The van der Waals surface area contributed by atoms with Crippen molar-refractivity contribution >= 4 is 51.0 Å². The standard InChI is InChI=1S/C24H20BrNO6/c1-31-22(29)24(23(30)32-2)12-20-17(13-27)16-5-3-4-6-19(16)26(20)21(28)11-18(24)14-7-9-15(25)10-8-14/h3-10,13,18H,11-12H2,1-2H3/t18-/m1/s1. The van der Waals surface area contributed by atoms with Gasteiger partial charge in [0.1, 0.15) is 0 Å². The Morgan fingerprint density at radius 2 is 1.69 bits per heavy atom. The van der Waals surface area contributed by atoms with Crippen LogP contribution in [0.2, 0.25) is 0 Å². The summed E-state index contributed by atoms with van der Waals surface area (Å²) in [5.74, 6) is -2.82. The summed E-state index contributed by atoms with van der Waals surface area (Å²) in [6, 6.07) is 14.1.